The normalized spacial score (nSPS) is 11.6. The highest BCUT2D eigenvalue weighted by atomic mass is 35.5. The van der Waals surface area contributed by atoms with E-state index in [-0.39, 0.29) is 115 Å². The second-order valence-electron chi connectivity index (χ2n) is 28.3. The standard InChI is InChI=1S/C26H32F2N4O3.C17H20ClF2N3O.C17H22F2N4O.C9H13NO2.C9H19NO.C8H2Cl2F2N2.C2H6.ClH/c1-5-6-7-18(10-8-16(2)33)30-25-20-13-21(27)22(28)14-23(20)31-26(32-25)29-15-17-9-11-19(34-3)12-24(17)35-4;1-3-4-5-11(7-6-10(2)24)21-16-12-8-13(19)14(20)9-15(12)22-17(18)23-16;1-3-4-5-11(7-6-10(2)24)21-16-12-8-13(18)14(19)9-15(12)22-17(20)23-16;1-11-8-4-3-7(6-10)9(5-8)12-2;1-3-4-5-9(10)7-6-8(2)11;9-7-3-1-4(11)5(12)2-6(3)13-8(10)14-7;1-2;/h9,11-14,18H,5-8,10,15H2,1-4H3,(H2,29,30,31,32);8-9,11H,3-7H2,1-2H3,(H,21,22,23);8-9,11H,3-7H2,1-2H3,(H3,20,21,22,23);3-5H,6,10H2,1-2H3;9H,3-7,10H2,1-2H3;1-2H;1-2H3;1H/t18-;2*11-;;9-;;;/m111.1.../s1. The van der Waals surface area contributed by atoms with Crippen molar-refractivity contribution in [1.82, 2.24) is 39.9 Å². The van der Waals surface area contributed by atoms with Crippen LogP contribution in [-0.4, -0.2) is 116 Å². The van der Waals surface area contributed by atoms with E-state index < -0.39 is 46.5 Å². The largest absolute Gasteiger partial charge is 0.497 e. The lowest BCUT2D eigenvalue weighted by atomic mass is 10.0. The summed E-state index contributed by atoms with van der Waals surface area (Å²) in [7, 11) is 6.39. The van der Waals surface area contributed by atoms with Gasteiger partial charge in [0, 0.05) is 132 Å². The zero-order chi connectivity index (χ0) is 90.7. The van der Waals surface area contributed by atoms with E-state index in [0.717, 1.165) is 142 Å². The minimum atomic E-state index is -0.997. The van der Waals surface area contributed by atoms with Gasteiger partial charge in [0.15, 0.2) is 46.5 Å². The first-order valence-electron chi connectivity index (χ1n) is 40.5. The maximum atomic E-state index is 14.1. The Hall–Kier alpha value is -9.92. The zero-order valence-electron chi connectivity index (χ0n) is 72.1. The van der Waals surface area contributed by atoms with Gasteiger partial charge >= 0.3 is 0 Å². The van der Waals surface area contributed by atoms with Crippen LogP contribution in [0.25, 0.3) is 43.6 Å². The first-order chi connectivity index (χ1) is 58.2. The molecule has 123 heavy (non-hydrogen) atoms. The summed E-state index contributed by atoms with van der Waals surface area (Å²) in [4.78, 5) is 77.1. The average Bonchev–Trinajstić information content (AvgIpc) is 0.813. The number of nitrogens with zero attached hydrogens (tertiary/aromatic N) is 8. The van der Waals surface area contributed by atoms with Crippen molar-refractivity contribution in [3.63, 3.8) is 0 Å². The van der Waals surface area contributed by atoms with Crippen LogP contribution in [0, 0.1) is 46.5 Å². The number of Topliss-reactive ketones (excluding diaryl/α,β-unsaturated/α-hetero) is 4. The Labute approximate surface area is 735 Å². The summed E-state index contributed by atoms with van der Waals surface area (Å²) in [5.74, 6) is -3.07. The molecule has 10 aromatic rings. The fraction of sp³-hybridized carbons (Fsp3) is 0.455. The van der Waals surface area contributed by atoms with Crippen LogP contribution in [0.4, 0.5) is 64.5 Å². The van der Waals surface area contributed by atoms with E-state index in [2.05, 4.69) is 88.8 Å². The number of halogens is 12. The molecule has 0 fully saturated rings. The second kappa shape index (κ2) is 56.8. The highest BCUT2D eigenvalue weighted by Crippen LogP contribution is 2.33. The molecule has 10 N–H and O–H groups in total. The Morgan fingerprint density at radius 3 is 1.13 bits per heavy atom. The minimum absolute atomic E-state index is 0. The number of unbranched alkanes of at least 4 members (excludes halogenated alkanes) is 4. The second-order valence-corrected chi connectivity index (χ2v) is 29.3. The molecule has 0 saturated heterocycles. The van der Waals surface area contributed by atoms with E-state index in [1.165, 1.54) is 12.8 Å². The number of nitrogens with one attached hydrogen (secondary N) is 4. The molecule has 0 radical (unpaired) electrons. The quantitative estimate of drug-likeness (QED) is 0.0107. The fourth-order valence-corrected chi connectivity index (χ4v) is 12.6. The number of nitrogens with two attached hydrogens (primary N) is 3. The summed E-state index contributed by atoms with van der Waals surface area (Å²) >= 11 is 17.1. The van der Waals surface area contributed by atoms with Gasteiger partial charge in [0.2, 0.25) is 22.5 Å². The van der Waals surface area contributed by atoms with E-state index >= 15 is 0 Å². The molecule has 6 aromatic carbocycles. The van der Waals surface area contributed by atoms with E-state index in [0.29, 0.717) is 103 Å². The Balaban J connectivity index is 0.000000396. The van der Waals surface area contributed by atoms with Crippen molar-refractivity contribution < 1.29 is 73.2 Å². The van der Waals surface area contributed by atoms with Crippen LogP contribution in [0.1, 0.15) is 209 Å². The molecule has 4 heterocycles. The number of rotatable bonds is 38. The van der Waals surface area contributed by atoms with Crippen molar-refractivity contribution in [1.29, 1.82) is 0 Å². The van der Waals surface area contributed by atoms with Crippen molar-refractivity contribution in [2.75, 3.05) is 55.4 Å². The Bertz CT molecular complexity index is 4900. The van der Waals surface area contributed by atoms with Crippen LogP contribution in [0.5, 0.6) is 23.0 Å². The van der Waals surface area contributed by atoms with Crippen LogP contribution in [0.3, 0.4) is 0 Å². The summed E-state index contributed by atoms with van der Waals surface area (Å²) in [5, 5.41) is 14.2. The molecule has 0 unspecified atom stereocenters. The number of methoxy groups -OCH3 is 4. The van der Waals surface area contributed by atoms with E-state index in [1.807, 2.05) is 44.2 Å². The number of hydrogen-bond donors (Lipinski definition) is 7. The third-order valence-corrected chi connectivity index (χ3v) is 19.2. The number of anilines is 5. The number of nitrogen functional groups attached to an aromatic ring is 1. The summed E-state index contributed by atoms with van der Waals surface area (Å²) in [6.45, 7) is 19.5. The predicted octanol–water partition coefficient (Wildman–Crippen LogP) is 22.3. The molecule has 4 atom stereocenters. The summed E-state index contributed by atoms with van der Waals surface area (Å²) < 4.78 is 129. The van der Waals surface area contributed by atoms with Gasteiger partial charge < -0.3 is 76.6 Å². The van der Waals surface area contributed by atoms with Gasteiger partial charge in [-0.1, -0.05) is 111 Å². The van der Waals surface area contributed by atoms with Gasteiger partial charge in [-0.15, -0.1) is 12.4 Å². The molecule has 35 heteroatoms. The molecule has 10 rings (SSSR count). The van der Waals surface area contributed by atoms with Gasteiger partial charge in [-0.2, -0.15) is 9.97 Å². The molecule has 674 valence electrons. The number of ketones is 4. The third-order valence-electron chi connectivity index (χ3n) is 18.6. The van der Waals surface area contributed by atoms with Crippen molar-refractivity contribution in [3.05, 3.63) is 158 Å². The lowest BCUT2D eigenvalue weighted by Gasteiger charge is -2.20. The fourth-order valence-electron chi connectivity index (χ4n) is 12.0. The number of hydrogen-bond acceptors (Lipinski definition) is 23. The first-order valence-corrected chi connectivity index (χ1v) is 41.6. The summed E-state index contributed by atoms with van der Waals surface area (Å²) in [5.41, 5.74) is 19.7. The first kappa shape index (κ1) is 107. The van der Waals surface area contributed by atoms with Crippen molar-refractivity contribution >= 4 is 143 Å². The number of carbonyl (C=O) groups excluding carboxylic acids is 4. The van der Waals surface area contributed by atoms with Crippen LogP contribution < -0.4 is 57.4 Å². The molecule has 0 aliphatic rings. The van der Waals surface area contributed by atoms with E-state index in [1.54, 1.807) is 62.2 Å². The lowest BCUT2D eigenvalue weighted by Crippen LogP contribution is -2.22. The molecule has 4 aromatic heterocycles. The number of fused-ring (bicyclic) bond motifs is 4. The van der Waals surface area contributed by atoms with Gasteiger partial charge in [0.1, 0.15) is 68.7 Å². The molecule has 23 nitrogen and oxygen atoms in total. The highest BCUT2D eigenvalue weighted by molar-refractivity contribution is 6.35. The third kappa shape index (κ3) is 37.2. The van der Waals surface area contributed by atoms with E-state index in [9.17, 15) is 54.3 Å². The Kier molecular flexibility index (Phi) is 49.5. The van der Waals surface area contributed by atoms with Gasteiger partial charge in [0.05, 0.1) is 50.5 Å². The summed E-state index contributed by atoms with van der Waals surface area (Å²) in [6.07, 6.45) is 16.6. The van der Waals surface area contributed by atoms with Gasteiger partial charge in [-0.3, -0.25) is 0 Å². The predicted molar refractivity (Wildman–Crippen MR) is 478 cm³/mol. The van der Waals surface area contributed by atoms with Gasteiger partial charge in [-0.25, -0.2) is 65.0 Å². The lowest BCUT2D eigenvalue weighted by molar-refractivity contribution is -0.118. The van der Waals surface area contributed by atoms with Crippen LogP contribution in [-0.2, 0) is 32.3 Å². The number of ether oxygens (including phenoxy) is 4. The molecular weight excluding hydrogens is 1690 g/mol. The number of aromatic nitrogens is 8. The molecule has 0 saturated carbocycles. The van der Waals surface area contributed by atoms with Crippen LogP contribution in [0.2, 0.25) is 15.7 Å². The minimum Gasteiger partial charge on any atom is -0.497 e. The van der Waals surface area contributed by atoms with Crippen LogP contribution in [0.15, 0.2) is 84.9 Å². The maximum Gasteiger partial charge on any atom is 0.225 e. The Morgan fingerprint density at radius 1 is 0.407 bits per heavy atom. The smallest absolute Gasteiger partial charge is 0.225 e. The van der Waals surface area contributed by atoms with Crippen molar-refractivity contribution in [2.45, 2.75) is 235 Å². The Morgan fingerprint density at radius 2 is 0.740 bits per heavy atom. The van der Waals surface area contributed by atoms with E-state index in [4.69, 9.17) is 71.0 Å². The van der Waals surface area contributed by atoms with Crippen LogP contribution >= 0.6 is 47.2 Å². The van der Waals surface area contributed by atoms with Crippen molar-refractivity contribution in [2.24, 2.45) is 11.5 Å². The monoisotopic (exact) mass is 1800 g/mol. The van der Waals surface area contributed by atoms with Crippen molar-refractivity contribution in [3.8, 4) is 23.0 Å². The van der Waals surface area contributed by atoms with Gasteiger partial charge in [-0.05, 0) is 145 Å². The molecule has 0 spiro atoms. The zero-order valence-corrected chi connectivity index (χ0v) is 75.2. The number of benzene rings is 6. The maximum absolute atomic E-state index is 14.1. The number of carbonyl (C=O) groups is 4. The molecule has 0 aliphatic carbocycles. The van der Waals surface area contributed by atoms with Gasteiger partial charge in [0.25, 0.3) is 0 Å². The highest BCUT2D eigenvalue weighted by Gasteiger charge is 2.22. The molecule has 0 aliphatic heterocycles. The molecular formula is C88H115Cl4F8N15O8. The topological polar surface area (TPSA) is 334 Å². The summed E-state index contributed by atoms with van der Waals surface area (Å²) in [6, 6.07) is 19.4. The molecule has 0 bridgehead atoms. The average molecular weight is 1800 g/mol. The SMILES string of the molecule is CC.CCCC[C@@H](N)CCC(C)=O.CCCC[C@H](CCC(C)=O)Nc1nc(Cl)nc2cc(F)c(F)cc12.CCCC[C@H](CCC(C)=O)Nc1nc(N)nc2cc(F)c(F)cc12.CCCC[C@H](CCC(C)=O)Nc1nc(NCc2ccc(OC)cc2OC)nc2cc(F)c(F)cc12.COc1ccc(CN)c(OC)c1.Cl.Fc1cc2nc(Cl)nc(Cl)c2cc1F. The molecule has 0 amide bonds.